The van der Waals surface area contributed by atoms with Gasteiger partial charge in [-0.25, -0.2) is 0 Å². The van der Waals surface area contributed by atoms with Crippen LogP contribution in [0.25, 0.3) is 11.1 Å². The van der Waals surface area contributed by atoms with E-state index in [0.717, 1.165) is 61.3 Å². The zero-order valence-electron chi connectivity index (χ0n) is 18.7. The van der Waals surface area contributed by atoms with Gasteiger partial charge in [-0.05, 0) is 60.6 Å². The molecule has 2 aromatic carbocycles. The molecule has 2 fully saturated rings. The van der Waals surface area contributed by atoms with Crippen molar-refractivity contribution in [1.82, 2.24) is 10.3 Å². The number of nitrogens with zero attached hydrogens (tertiary/aromatic N) is 3. The minimum atomic E-state index is 0.244. The van der Waals surface area contributed by atoms with Gasteiger partial charge >= 0.3 is 0 Å². The Morgan fingerprint density at radius 1 is 1.19 bits per heavy atom. The first-order valence-corrected chi connectivity index (χ1v) is 11.1. The number of carbonyl (C=O) groups is 2. The van der Waals surface area contributed by atoms with E-state index < -0.39 is 0 Å². The molecule has 1 saturated carbocycles. The number of methoxy groups -OCH3 is 1. The van der Waals surface area contributed by atoms with Crippen molar-refractivity contribution in [3.63, 3.8) is 0 Å². The first-order chi connectivity index (χ1) is 15.6. The third kappa shape index (κ3) is 4.93. The summed E-state index contributed by atoms with van der Waals surface area (Å²) in [7, 11) is 3.38. The number of hydrogen-bond acceptors (Lipinski definition) is 5. The van der Waals surface area contributed by atoms with E-state index in [1.54, 1.807) is 19.1 Å². The van der Waals surface area contributed by atoms with Crippen LogP contribution in [-0.2, 0) is 9.59 Å². The van der Waals surface area contributed by atoms with Gasteiger partial charge in [0, 0.05) is 38.2 Å². The number of benzene rings is 2. The Hall–Kier alpha value is -3.35. The first kappa shape index (κ1) is 21.9. The zero-order chi connectivity index (χ0) is 22.5. The predicted octanol–water partition coefficient (Wildman–Crippen LogP) is 3.51. The number of hydrazone groups is 1. The average molecular weight is 435 g/mol. The molecule has 1 saturated heterocycles. The molecule has 0 aromatic heterocycles. The highest BCUT2D eigenvalue weighted by Gasteiger charge is 2.37. The van der Waals surface area contributed by atoms with Gasteiger partial charge in [0.25, 0.3) is 0 Å². The van der Waals surface area contributed by atoms with Crippen LogP contribution in [0.3, 0.4) is 0 Å². The Balaban J connectivity index is 1.47. The van der Waals surface area contributed by atoms with Gasteiger partial charge in [-0.2, -0.15) is 5.10 Å². The number of hydrogen-bond donors (Lipinski definition) is 1. The van der Waals surface area contributed by atoms with Gasteiger partial charge in [0.05, 0.1) is 7.11 Å². The second-order valence-corrected chi connectivity index (χ2v) is 8.42. The summed E-state index contributed by atoms with van der Waals surface area (Å²) in [5, 5.41) is 4.40. The SMILES string of the molecule is CN/N=C(/CC1CCN(C(=O)C2CC2)C1)N(C=O)c1ccc(-c2cccc(OC)c2)cc1. The van der Waals surface area contributed by atoms with Gasteiger partial charge in [0.15, 0.2) is 0 Å². The summed E-state index contributed by atoms with van der Waals surface area (Å²) in [5.74, 6) is 2.29. The Morgan fingerprint density at radius 2 is 1.97 bits per heavy atom. The van der Waals surface area contributed by atoms with E-state index in [2.05, 4.69) is 10.5 Å². The fraction of sp³-hybridized carbons (Fsp3) is 0.400. The molecule has 2 aliphatic rings. The summed E-state index contributed by atoms with van der Waals surface area (Å²) < 4.78 is 5.31. The third-order valence-electron chi connectivity index (χ3n) is 6.17. The van der Waals surface area contributed by atoms with Crippen molar-refractivity contribution in [3.8, 4) is 16.9 Å². The molecule has 7 heteroatoms. The quantitative estimate of drug-likeness (QED) is 0.299. The summed E-state index contributed by atoms with van der Waals surface area (Å²) in [6, 6.07) is 15.7. The Kier molecular flexibility index (Phi) is 6.73. The molecule has 2 amide bonds. The van der Waals surface area contributed by atoms with Gasteiger partial charge in [0.1, 0.15) is 11.6 Å². The van der Waals surface area contributed by atoms with Crippen LogP contribution in [0.1, 0.15) is 25.7 Å². The lowest BCUT2D eigenvalue weighted by Crippen LogP contribution is -2.34. The smallest absolute Gasteiger partial charge is 0.225 e. The fourth-order valence-corrected chi connectivity index (χ4v) is 4.26. The maximum Gasteiger partial charge on any atom is 0.225 e. The van der Waals surface area contributed by atoms with Crippen molar-refractivity contribution in [2.24, 2.45) is 16.9 Å². The number of carbonyl (C=O) groups excluding carboxylic acids is 2. The highest BCUT2D eigenvalue weighted by molar-refractivity contribution is 6.10. The highest BCUT2D eigenvalue weighted by Crippen LogP contribution is 2.34. The van der Waals surface area contributed by atoms with E-state index in [4.69, 9.17) is 4.74 Å². The molecule has 1 unspecified atom stereocenters. The van der Waals surface area contributed by atoms with Crippen molar-refractivity contribution in [2.45, 2.75) is 25.7 Å². The van der Waals surface area contributed by atoms with Crippen molar-refractivity contribution in [3.05, 3.63) is 48.5 Å². The molecule has 1 aliphatic carbocycles. The summed E-state index contributed by atoms with van der Waals surface area (Å²) in [4.78, 5) is 28.0. The van der Waals surface area contributed by atoms with Crippen molar-refractivity contribution < 1.29 is 14.3 Å². The molecule has 0 spiro atoms. The monoisotopic (exact) mass is 434 g/mol. The van der Waals surface area contributed by atoms with E-state index in [1.165, 1.54) is 0 Å². The number of nitrogens with one attached hydrogen (secondary N) is 1. The highest BCUT2D eigenvalue weighted by atomic mass is 16.5. The molecule has 0 radical (unpaired) electrons. The van der Waals surface area contributed by atoms with Gasteiger partial charge in [-0.15, -0.1) is 0 Å². The van der Waals surface area contributed by atoms with Crippen LogP contribution in [0, 0.1) is 11.8 Å². The predicted molar refractivity (Wildman–Crippen MR) is 125 cm³/mol. The molecule has 168 valence electrons. The topological polar surface area (TPSA) is 74.2 Å². The maximum absolute atomic E-state index is 12.4. The normalized spacial score (nSPS) is 18.4. The number of amidine groups is 1. The standard InChI is InChI=1S/C25H30N4O3/c1-26-27-24(14-18-12-13-28(16-18)25(31)20-6-7-20)29(17-30)22-10-8-19(9-11-22)21-4-3-5-23(15-21)32-2/h3-5,8-11,15,17-18,20,26H,6-7,12-14,16H2,1-2H3/b27-24-. The number of rotatable bonds is 8. The maximum atomic E-state index is 12.4. The van der Waals surface area contributed by atoms with E-state index in [0.29, 0.717) is 24.1 Å². The summed E-state index contributed by atoms with van der Waals surface area (Å²) in [6.07, 6.45) is 4.42. The van der Waals surface area contributed by atoms with Gasteiger partial charge in [0.2, 0.25) is 12.3 Å². The van der Waals surface area contributed by atoms with Gasteiger partial charge < -0.3 is 15.1 Å². The van der Waals surface area contributed by atoms with Crippen LogP contribution in [0.15, 0.2) is 53.6 Å². The largest absolute Gasteiger partial charge is 0.497 e. The van der Waals surface area contributed by atoms with Crippen molar-refractivity contribution >= 4 is 23.8 Å². The third-order valence-corrected chi connectivity index (χ3v) is 6.17. The molecule has 0 bridgehead atoms. The summed E-state index contributed by atoms with van der Waals surface area (Å²) >= 11 is 0. The minimum absolute atomic E-state index is 0.244. The lowest BCUT2D eigenvalue weighted by atomic mass is 10.0. The lowest BCUT2D eigenvalue weighted by molar-refractivity contribution is -0.131. The molecular formula is C25H30N4O3. The summed E-state index contributed by atoms with van der Waals surface area (Å²) in [5.41, 5.74) is 5.67. The van der Waals surface area contributed by atoms with E-state index in [9.17, 15) is 9.59 Å². The number of likely N-dealkylation sites (tertiary alicyclic amines) is 1. The number of anilines is 1. The first-order valence-electron chi connectivity index (χ1n) is 11.1. The lowest BCUT2D eigenvalue weighted by Gasteiger charge is -2.22. The van der Waals surface area contributed by atoms with Crippen LogP contribution >= 0.6 is 0 Å². The molecule has 1 aliphatic heterocycles. The van der Waals surface area contributed by atoms with E-state index >= 15 is 0 Å². The van der Waals surface area contributed by atoms with Crippen LogP contribution in [-0.4, -0.2) is 50.3 Å². The van der Waals surface area contributed by atoms with Crippen LogP contribution in [0.2, 0.25) is 0 Å². The molecule has 2 aromatic rings. The second-order valence-electron chi connectivity index (χ2n) is 8.42. The Labute approximate surface area is 189 Å². The molecule has 1 heterocycles. The molecule has 1 atom stereocenters. The number of amides is 2. The Morgan fingerprint density at radius 3 is 2.62 bits per heavy atom. The van der Waals surface area contributed by atoms with Gasteiger partial charge in [-0.1, -0.05) is 24.3 Å². The summed E-state index contributed by atoms with van der Waals surface area (Å²) in [6.45, 7) is 1.53. The molecule has 32 heavy (non-hydrogen) atoms. The van der Waals surface area contributed by atoms with Gasteiger partial charge in [-0.3, -0.25) is 14.5 Å². The number of ether oxygens (including phenoxy) is 1. The van der Waals surface area contributed by atoms with Crippen LogP contribution in [0.4, 0.5) is 5.69 Å². The molecular weight excluding hydrogens is 404 g/mol. The van der Waals surface area contributed by atoms with E-state index in [-0.39, 0.29) is 5.92 Å². The fourth-order valence-electron chi connectivity index (χ4n) is 4.26. The van der Waals surface area contributed by atoms with Crippen molar-refractivity contribution in [1.29, 1.82) is 0 Å². The average Bonchev–Trinajstić information content (AvgIpc) is 3.58. The minimum Gasteiger partial charge on any atom is -0.497 e. The molecule has 4 rings (SSSR count). The zero-order valence-corrected chi connectivity index (χ0v) is 18.7. The molecule has 7 nitrogen and oxygen atoms in total. The van der Waals surface area contributed by atoms with E-state index in [1.807, 2.05) is 53.4 Å². The van der Waals surface area contributed by atoms with Crippen LogP contribution in [0.5, 0.6) is 5.75 Å². The van der Waals surface area contributed by atoms with Crippen LogP contribution < -0.4 is 15.1 Å². The molecule has 1 N–H and O–H groups in total. The van der Waals surface area contributed by atoms with Crippen molar-refractivity contribution in [2.75, 3.05) is 32.1 Å². The Bertz CT molecular complexity index is 985. The second kappa shape index (κ2) is 9.85.